The first-order valence-corrected chi connectivity index (χ1v) is 7.83. The number of alkyl halides is 3. The summed E-state index contributed by atoms with van der Waals surface area (Å²) in [5, 5.41) is 11.9. The molecule has 1 aromatic carbocycles. The maximum atomic E-state index is 13.1. The quantitative estimate of drug-likeness (QED) is 0.841. The van der Waals surface area contributed by atoms with Gasteiger partial charge in [-0.2, -0.15) is 13.2 Å². The molecule has 3 unspecified atom stereocenters. The molecule has 1 aliphatic rings. The Kier molecular flexibility index (Phi) is 5.34. The van der Waals surface area contributed by atoms with Crippen LogP contribution in [-0.4, -0.2) is 23.7 Å². The summed E-state index contributed by atoms with van der Waals surface area (Å²) in [6.07, 6.45) is -3.53. The second kappa shape index (κ2) is 6.91. The van der Waals surface area contributed by atoms with Gasteiger partial charge in [0.25, 0.3) is 0 Å². The Labute approximate surface area is 133 Å². The number of aliphatic hydroxyl groups is 1. The highest BCUT2D eigenvalue weighted by Gasteiger charge is 2.48. The monoisotopic (exact) mass is 329 g/mol. The Balaban J connectivity index is 2.06. The van der Waals surface area contributed by atoms with Crippen LogP contribution in [0.15, 0.2) is 24.3 Å². The zero-order valence-electron chi connectivity index (χ0n) is 13.2. The van der Waals surface area contributed by atoms with Crippen LogP contribution >= 0.6 is 0 Å². The standard InChI is InChI=1S/C17H22F3NO2/c1-10(2)15(7-8-22)21-16(23)13-9-12(13)11-5-3-4-6-14(11)17(18,19)20/h3-6,10,12-13,15,22H,7-9H2,1-2H3,(H,21,23). The first-order valence-electron chi connectivity index (χ1n) is 7.83. The molecular formula is C17H22F3NO2. The van der Waals surface area contributed by atoms with Crippen molar-refractivity contribution in [3.63, 3.8) is 0 Å². The number of aliphatic hydroxyl groups excluding tert-OH is 1. The van der Waals surface area contributed by atoms with Crippen LogP contribution in [0.5, 0.6) is 0 Å². The van der Waals surface area contributed by atoms with Crippen LogP contribution in [0, 0.1) is 11.8 Å². The largest absolute Gasteiger partial charge is 0.416 e. The molecule has 0 radical (unpaired) electrons. The summed E-state index contributed by atoms with van der Waals surface area (Å²) in [5.74, 6) is -0.863. The summed E-state index contributed by atoms with van der Waals surface area (Å²) in [4.78, 5) is 12.3. The SMILES string of the molecule is CC(C)C(CCO)NC(=O)C1CC1c1ccccc1C(F)(F)F. The Hall–Kier alpha value is -1.56. The third-order valence-corrected chi connectivity index (χ3v) is 4.37. The molecule has 3 nitrogen and oxygen atoms in total. The number of rotatable bonds is 6. The molecule has 6 heteroatoms. The number of hydrogen-bond donors (Lipinski definition) is 2. The van der Waals surface area contributed by atoms with Crippen molar-refractivity contribution in [2.75, 3.05) is 6.61 Å². The lowest BCUT2D eigenvalue weighted by Crippen LogP contribution is -2.40. The normalized spacial score (nSPS) is 22.0. The minimum atomic E-state index is -4.41. The van der Waals surface area contributed by atoms with E-state index in [0.29, 0.717) is 12.8 Å². The van der Waals surface area contributed by atoms with E-state index in [1.54, 1.807) is 6.07 Å². The van der Waals surface area contributed by atoms with Gasteiger partial charge in [0.2, 0.25) is 5.91 Å². The predicted molar refractivity (Wildman–Crippen MR) is 80.8 cm³/mol. The highest BCUT2D eigenvalue weighted by Crippen LogP contribution is 2.51. The van der Waals surface area contributed by atoms with Crippen molar-refractivity contribution in [3.8, 4) is 0 Å². The third kappa shape index (κ3) is 4.25. The lowest BCUT2D eigenvalue weighted by atomic mass is 9.99. The molecule has 1 aromatic rings. The molecule has 23 heavy (non-hydrogen) atoms. The van der Waals surface area contributed by atoms with Gasteiger partial charge in [-0.3, -0.25) is 4.79 Å². The van der Waals surface area contributed by atoms with E-state index in [9.17, 15) is 18.0 Å². The molecule has 1 fully saturated rings. The van der Waals surface area contributed by atoms with Gasteiger partial charge in [-0.05, 0) is 36.3 Å². The van der Waals surface area contributed by atoms with Crippen molar-refractivity contribution in [2.45, 2.75) is 44.8 Å². The molecule has 2 N–H and O–H groups in total. The number of halogens is 3. The summed E-state index contributed by atoms with van der Waals surface area (Å²) >= 11 is 0. The van der Waals surface area contributed by atoms with Crippen molar-refractivity contribution >= 4 is 5.91 Å². The van der Waals surface area contributed by atoms with Crippen LogP contribution in [0.25, 0.3) is 0 Å². The summed E-state index contributed by atoms with van der Waals surface area (Å²) in [7, 11) is 0. The van der Waals surface area contributed by atoms with Crippen molar-refractivity contribution in [1.82, 2.24) is 5.32 Å². The smallest absolute Gasteiger partial charge is 0.396 e. The maximum absolute atomic E-state index is 13.1. The molecule has 3 atom stereocenters. The fourth-order valence-electron chi connectivity index (χ4n) is 2.91. The molecule has 0 spiro atoms. The van der Waals surface area contributed by atoms with Gasteiger partial charge in [0.05, 0.1) is 5.56 Å². The number of nitrogens with one attached hydrogen (secondary N) is 1. The topological polar surface area (TPSA) is 49.3 Å². The second-order valence-electron chi connectivity index (χ2n) is 6.41. The van der Waals surface area contributed by atoms with E-state index in [0.717, 1.165) is 6.07 Å². The fraction of sp³-hybridized carbons (Fsp3) is 0.588. The van der Waals surface area contributed by atoms with Gasteiger partial charge in [-0.25, -0.2) is 0 Å². The Morgan fingerprint density at radius 1 is 1.35 bits per heavy atom. The fourth-order valence-corrected chi connectivity index (χ4v) is 2.91. The average molecular weight is 329 g/mol. The van der Waals surface area contributed by atoms with Crippen LogP contribution in [0.3, 0.4) is 0 Å². The second-order valence-corrected chi connectivity index (χ2v) is 6.41. The van der Waals surface area contributed by atoms with Crippen LogP contribution in [-0.2, 0) is 11.0 Å². The van der Waals surface area contributed by atoms with Gasteiger partial charge in [-0.15, -0.1) is 0 Å². The summed E-state index contributed by atoms with van der Waals surface area (Å²) < 4.78 is 39.2. The number of hydrogen-bond acceptors (Lipinski definition) is 2. The number of carbonyl (C=O) groups is 1. The summed E-state index contributed by atoms with van der Waals surface area (Å²) in [6, 6.07) is 5.28. The van der Waals surface area contributed by atoms with E-state index >= 15 is 0 Å². The van der Waals surface area contributed by atoms with Gasteiger partial charge in [0, 0.05) is 18.6 Å². The first kappa shape index (κ1) is 17.8. The van der Waals surface area contributed by atoms with E-state index in [2.05, 4.69) is 5.32 Å². The zero-order chi connectivity index (χ0) is 17.2. The summed E-state index contributed by atoms with van der Waals surface area (Å²) in [6.45, 7) is 3.84. The Bertz CT molecular complexity index is 557. The maximum Gasteiger partial charge on any atom is 0.416 e. The summed E-state index contributed by atoms with van der Waals surface area (Å²) in [5.41, 5.74) is -0.459. The van der Waals surface area contributed by atoms with E-state index in [1.165, 1.54) is 12.1 Å². The molecule has 0 saturated heterocycles. The Morgan fingerprint density at radius 2 is 2.00 bits per heavy atom. The molecule has 1 amide bonds. The van der Waals surface area contributed by atoms with Crippen LogP contribution < -0.4 is 5.32 Å². The molecule has 0 heterocycles. The van der Waals surface area contributed by atoms with E-state index in [1.807, 2.05) is 13.8 Å². The van der Waals surface area contributed by atoms with Crippen molar-refractivity contribution < 1.29 is 23.1 Å². The van der Waals surface area contributed by atoms with Gasteiger partial charge < -0.3 is 10.4 Å². The van der Waals surface area contributed by atoms with Gasteiger partial charge >= 0.3 is 6.18 Å². The van der Waals surface area contributed by atoms with Crippen molar-refractivity contribution in [1.29, 1.82) is 0 Å². The molecule has 0 aliphatic heterocycles. The highest BCUT2D eigenvalue weighted by molar-refractivity contribution is 5.83. The minimum Gasteiger partial charge on any atom is -0.396 e. The highest BCUT2D eigenvalue weighted by atomic mass is 19.4. The van der Waals surface area contributed by atoms with E-state index in [4.69, 9.17) is 5.11 Å². The minimum absolute atomic E-state index is 0.0336. The lowest BCUT2D eigenvalue weighted by molar-refractivity contribution is -0.138. The Morgan fingerprint density at radius 3 is 2.57 bits per heavy atom. The van der Waals surface area contributed by atoms with Crippen LogP contribution in [0.2, 0.25) is 0 Å². The number of carbonyl (C=O) groups excluding carboxylic acids is 1. The van der Waals surface area contributed by atoms with Crippen LogP contribution in [0.1, 0.15) is 43.7 Å². The molecule has 0 bridgehead atoms. The molecule has 128 valence electrons. The molecule has 0 aromatic heterocycles. The van der Waals surface area contributed by atoms with Gasteiger partial charge in [0.15, 0.2) is 0 Å². The predicted octanol–water partition coefficient (Wildman–Crippen LogP) is 3.33. The number of amides is 1. The zero-order valence-corrected chi connectivity index (χ0v) is 13.2. The van der Waals surface area contributed by atoms with Crippen molar-refractivity contribution in [2.24, 2.45) is 11.8 Å². The average Bonchev–Trinajstić information content (AvgIpc) is 3.26. The van der Waals surface area contributed by atoms with E-state index in [-0.39, 0.29) is 36.0 Å². The van der Waals surface area contributed by atoms with Gasteiger partial charge in [-0.1, -0.05) is 32.0 Å². The molecule has 1 aliphatic carbocycles. The lowest BCUT2D eigenvalue weighted by Gasteiger charge is -2.21. The van der Waals surface area contributed by atoms with Crippen molar-refractivity contribution in [3.05, 3.63) is 35.4 Å². The third-order valence-electron chi connectivity index (χ3n) is 4.37. The number of benzene rings is 1. The van der Waals surface area contributed by atoms with E-state index < -0.39 is 17.7 Å². The molecule has 2 rings (SSSR count). The van der Waals surface area contributed by atoms with Crippen LogP contribution in [0.4, 0.5) is 13.2 Å². The first-order chi connectivity index (χ1) is 10.8. The van der Waals surface area contributed by atoms with Gasteiger partial charge in [0.1, 0.15) is 0 Å². The molecular weight excluding hydrogens is 307 g/mol. The molecule has 1 saturated carbocycles.